The van der Waals surface area contributed by atoms with Gasteiger partial charge in [0.15, 0.2) is 0 Å². The molecule has 1 aliphatic heterocycles. The highest BCUT2D eigenvalue weighted by Crippen LogP contribution is 2.43. The number of carboxylic acid groups (broad SMARTS) is 1. The molecule has 0 bridgehead atoms. The van der Waals surface area contributed by atoms with Crippen LogP contribution in [0.4, 0.5) is 5.82 Å². The van der Waals surface area contributed by atoms with Crippen LogP contribution in [0.25, 0.3) is 5.69 Å². The summed E-state index contributed by atoms with van der Waals surface area (Å²) in [6, 6.07) is 6.40. The lowest BCUT2D eigenvalue weighted by Gasteiger charge is -2.13. The Labute approximate surface area is 159 Å². The summed E-state index contributed by atoms with van der Waals surface area (Å²) in [7, 11) is 1.86. The van der Waals surface area contributed by atoms with Crippen molar-refractivity contribution in [2.45, 2.75) is 12.2 Å². The fourth-order valence-corrected chi connectivity index (χ4v) is 4.31. The zero-order valence-corrected chi connectivity index (χ0v) is 15.5. The molecule has 0 saturated heterocycles. The zero-order chi connectivity index (χ0) is 19.1. The molecular weight excluding hydrogens is 366 g/mol. The fraction of sp³-hybridized carbons (Fsp3) is 0.222. The van der Waals surface area contributed by atoms with Crippen LogP contribution in [0.2, 0.25) is 0 Å². The number of anilines is 1. The Morgan fingerprint density at radius 2 is 2.07 bits per heavy atom. The van der Waals surface area contributed by atoms with E-state index in [2.05, 4.69) is 15.5 Å². The van der Waals surface area contributed by atoms with Gasteiger partial charge in [0.2, 0.25) is 5.91 Å². The second-order valence-electron chi connectivity index (χ2n) is 6.30. The zero-order valence-electron chi connectivity index (χ0n) is 14.7. The van der Waals surface area contributed by atoms with Crippen molar-refractivity contribution in [1.29, 1.82) is 0 Å². The number of hydrogen-bond donors (Lipinski definition) is 2. The maximum atomic E-state index is 12.3. The summed E-state index contributed by atoms with van der Waals surface area (Å²) in [4.78, 5) is 23.4. The van der Waals surface area contributed by atoms with Gasteiger partial charge in [-0.2, -0.15) is 10.2 Å². The lowest BCUT2D eigenvalue weighted by atomic mass is 10.1. The third-order valence-corrected chi connectivity index (χ3v) is 5.66. The molecule has 0 aliphatic carbocycles. The van der Waals surface area contributed by atoms with Gasteiger partial charge in [0, 0.05) is 24.4 Å². The summed E-state index contributed by atoms with van der Waals surface area (Å²) in [6.45, 7) is 1.91. The number of benzene rings is 1. The topological polar surface area (TPSA) is 102 Å². The van der Waals surface area contributed by atoms with E-state index in [1.165, 1.54) is 23.9 Å². The molecule has 1 amide bonds. The van der Waals surface area contributed by atoms with Crippen LogP contribution in [0.3, 0.4) is 0 Å². The van der Waals surface area contributed by atoms with Gasteiger partial charge in [-0.1, -0.05) is 0 Å². The molecule has 0 saturated carbocycles. The van der Waals surface area contributed by atoms with Crippen molar-refractivity contribution >= 4 is 29.5 Å². The molecule has 2 aromatic heterocycles. The Morgan fingerprint density at radius 3 is 2.70 bits per heavy atom. The van der Waals surface area contributed by atoms with Crippen LogP contribution in [-0.4, -0.2) is 42.3 Å². The van der Waals surface area contributed by atoms with Crippen molar-refractivity contribution in [3.8, 4) is 5.69 Å². The van der Waals surface area contributed by atoms with E-state index in [4.69, 9.17) is 5.11 Å². The molecule has 138 valence electrons. The standard InChI is InChI=1S/C18H17N5O3S/c1-10-15-16(12-7-19-22(2)8-12)27-9-14(24)20-17(15)23(21-10)13-5-3-11(4-6-13)18(25)26/h3-8,16H,9H2,1-2H3,(H,20,24)(H,25,26)/t16-/m0/s1. The number of amides is 1. The minimum Gasteiger partial charge on any atom is -0.478 e. The van der Waals surface area contributed by atoms with Gasteiger partial charge in [0.05, 0.1) is 34.1 Å². The van der Waals surface area contributed by atoms with Crippen molar-refractivity contribution < 1.29 is 14.7 Å². The van der Waals surface area contributed by atoms with Gasteiger partial charge in [0.1, 0.15) is 5.82 Å². The first-order valence-corrected chi connectivity index (χ1v) is 9.32. The molecule has 1 aromatic carbocycles. The van der Waals surface area contributed by atoms with Crippen LogP contribution in [0.5, 0.6) is 0 Å². The van der Waals surface area contributed by atoms with E-state index in [0.717, 1.165) is 16.8 Å². The molecule has 1 atom stereocenters. The van der Waals surface area contributed by atoms with Crippen molar-refractivity contribution in [2.24, 2.45) is 7.05 Å². The summed E-state index contributed by atoms with van der Waals surface area (Å²) in [5, 5.41) is 20.8. The SMILES string of the molecule is Cc1nn(-c2ccc(C(=O)O)cc2)c2c1[C@H](c1cnn(C)c1)SCC(=O)N2. The van der Waals surface area contributed by atoms with E-state index in [9.17, 15) is 9.59 Å². The number of nitrogens with one attached hydrogen (secondary N) is 1. The summed E-state index contributed by atoms with van der Waals surface area (Å²) >= 11 is 1.53. The summed E-state index contributed by atoms with van der Waals surface area (Å²) in [5.41, 5.74) is 3.61. The number of carbonyl (C=O) groups is 2. The highest BCUT2D eigenvalue weighted by atomic mass is 32.2. The molecule has 9 heteroatoms. The first-order valence-electron chi connectivity index (χ1n) is 8.27. The van der Waals surface area contributed by atoms with Gasteiger partial charge >= 0.3 is 5.97 Å². The minimum absolute atomic E-state index is 0.0697. The lowest BCUT2D eigenvalue weighted by molar-refractivity contribution is -0.113. The molecule has 0 fully saturated rings. The van der Waals surface area contributed by atoms with E-state index >= 15 is 0 Å². The van der Waals surface area contributed by atoms with Gasteiger partial charge < -0.3 is 10.4 Å². The number of thioether (sulfide) groups is 1. The first-order chi connectivity index (χ1) is 12.9. The van der Waals surface area contributed by atoms with Crippen LogP contribution in [0, 0.1) is 6.92 Å². The minimum atomic E-state index is -0.988. The molecule has 8 nitrogen and oxygen atoms in total. The highest BCUT2D eigenvalue weighted by molar-refractivity contribution is 8.00. The Kier molecular flexibility index (Phi) is 4.23. The van der Waals surface area contributed by atoms with Crippen molar-refractivity contribution in [3.05, 3.63) is 59.0 Å². The van der Waals surface area contributed by atoms with Gasteiger partial charge in [-0.05, 0) is 31.2 Å². The van der Waals surface area contributed by atoms with Gasteiger partial charge in [-0.15, -0.1) is 11.8 Å². The maximum Gasteiger partial charge on any atom is 0.335 e. The van der Waals surface area contributed by atoms with E-state index in [-0.39, 0.29) is 16.7 Å². The van der Waals surface area contributed by atoms with E-state index in [0.29, 0.717) is 17.3 Å². The molecule has 0 radical (unpaired) electrons. The number of hydrogen-bond acceptors (Lipinski definition) is 5. The van der Waals surface area contributed by atoms with Crippen LogP contribution in [0.1, 0.15) is 32.4 Å². The monoisotopic (exact) mass is 383 g/mol. The molecule has 3 aromatic rings. The van der Waals surface area contributed by atoms with Gasteiger partial charge in [-0.3, -0.25) is 9.48 Å². The third-order valence-electron chi connectivity index (χ3n) is 4.39. The van der Waals surface area contributed by atoms with Crippen molar-refractivity contribution in [1.82, 2.24) is 19.6 Å². The number of rotatable bonds is 3. The van der Waals surface area contributed by atoms with E-state index in [1.807, 2.05) is 20.2 Å². The van der Waals surface area contributed by atoms with E-state index < -0.39 is 5.97 Å². The van der Waals surface area contributed by atoms with Gasteiger partial charge in [-0.25, -0.2) is 9.48 Å². The Hall–Kier alpha value is -3.07. The number of aromatic nitrogens is 4. The molecule has 27 heavy (non-hydrogen) atoms. The van der Waals surface area contributed by atoms with Crippen LogP contribution >= 0.6 is 11.8 Å². The number of nitrogens with zero attached hydrogens (tertiary/aromatic N) is 4. The average Bonchev–Trinajstić information content (AvgIpc) is 3.15. The molecule has 1 aliphatic rings. The second-order valence-corrected chi connectivity index (χ2v) is 7.39. The van der Waals surface area contributed by atoms with Crippen molar-refractivity contribution in [2.75, 3.05) is 11.1 Å². The van der Waals surface area contributed by atoms with Gasteiger partial charge in [0.25, 0.3) is 0 Å². The molecular formula is C18H17N5O3S. The van der Waals surface area contributed by atoms with Crippen LogP contribution < -0.4 is 5.32 Å². The fourth-order valence-electron chi connectivity index (χ4n) is 3.15. The Bertz CT molecular complexity index is 1040. The number of aryl methyl sites for hydroxylation is 2. The second kappa shape index (κ2) is 6.58. The number of aromatic carboxylic acids is 1. The predicted octanol–water partition coefficient (Wildman–Crippen LogP) is 2.39. The highest BCUT2D eigenvalue weighted by Gasteiger charge is 2.31. The normalized spacial score (nSPS) is 16.5. The summed E-state index contributed by atoms with van der Waals surface area (Å²) in [5.74, 6) is -0.153. The summed E-state index contributed by atoms with van der Waals surface area (Å²) in [6.07, 6.45) is 3.74. The molecule has 0 spiro atoms. The lowest BCUT2D eigenvalue weighted by Crippen LogP contribution is -2.15. The first kappa shape index (κ1) is 17.3. The van der Waals surface area contributed by atoms with Crippen LogP contribution in [0.15, 0.2) is 36.7 Å². The average molecular weight is 383 g/mol. The Morgan fingerprint density at radius 1 is 1.33 bits per heavy atom. The molecule has 2 N–H and O–H groups in total. The number of fused-ring (bicyclic) bond motifs is 1. The molecule has 3 heterocycles. The maximum absolute atomic E-state index is 12.3. The number of carbonyl (C=O) groups excluding carboxylic acids is 1. The molecule has 0 unspecified atom stereocenters. The van der Waals surface area contributed by atoms with Crippen LogP contribution in [-0.2, 0) is 11.8 Å². The largest absolute Gasteiger partial charge is 0.478 e. The van der Waals surface area contributed by atoms with E-state index in [1.54, 1.807) is 27.7 Å². The smallest absolute Gasteiger partial charge is 0.335 e. The predicted molar refractivity (Wildman–Crippen MR) is 101 cm³/mol. The van der Waals surface area contributed by atoms with Crippen molar-refractivity contribution in [3.63, 3.8) is 0 Å². The third kappa shape index (κ3) is 3.10. The molecule has 4 rings (SSSR count). The summed E-state index contributed by atoms with van der Waals surface area (Å²) < 4.78 is 3.39. The number of carboxylic acids is 1. The quantitative estimate of drug-likeness (QED) is 0.720. The Balaban J connectivity index is 1.84.